The molecular formula is C21H19N3O4S2. The van der Waals surface area contributed by atoms with E-state index in [9.17, 15) is 8.42 Å². The van der Waals surface area contributed by atoms with E-state index in [0.717, 1.165) is 20.7 Å². The molecule has 9 heteroatoms. The van der Waals surface area contributed by atoms with Crippen LogP contribution in [-0.2, 0) is 10.0 Å². The smallest absolute Gasteiger partial charge is 0.261 e. The molecule has 0 amide bonds. The number of sulfonamides is 1. The quantitative estimate of drug-likeness (QED) is 0.457. The Morgan fingerprint density at radius 3 is 2.27 bits per heavy atom. The number of aryl methyl sites for hydroxylation is 2. The Kier molecular flexibility index (Phi) is 5.31. The SMILES string of the molecule is COc1ccc(NS(=O)(=O)c2ccc(Oc3ncnc4sc(C)c(C)c34)cc2)cc1. The van der Waals surface area contributed by atoms with Gasteiger partial charge in [-0.2, -0.15) is 0 Å². The highest BCUT2D eigenvalue weighted by Gasteiger charge is 2.16. The first-order chi connectivity index (χ1) is 14.4. The molecule has 0 saturated carbocycles. The predicted molar refractivity (Wildman–Crippen MR) is 117 cm³/mol. The van der Waals surface area contributed by atoms with E-state index in [-0.39, 0.29) is 4.90 Å². The highest BCUT2D eigenvalue weighted by Crippen LogP contribution is 2.35. The summed E-state index contributed by atoms with van der Waals surface area (Å²) < 4.78 is 38.8. The van der Waals surface area contributed by atoms with E-state index in [0.29, 0.717) is 23.1 Å². The molecule has 154 valence electrons. The van der Waals surface area contributed by atoms with Gasteiger partial charge in [0.05, 0.1) is 17.4 Å². The molecule has 30 heavy (non-hydrogen) atoms. The number of fused-ring (bicyclic) bond motifs is 1. The molecule has 0 spiro atoms. The van der Waals surface area contributed by atoms with E-state index in [1.54, 1.807) is 54.8 Å². The van der Waals surface area contributed by atoms with Gasteiger partial charge in [-0.1, -0.05) is 0 Å². The van der Waals surface area contributed by atoms with E-state index in [4.69, 9.17) is 9.47 Å². The van der Waals surface area contributed by atoms with Crippen molar-refractivity contribution in [1.82, 2.24) is 9.97 Å². The molecule has 0 aliphatic carbocycles. The number of aromatic nitrogens is 2. The zero-order valence-electron chi connectivity index (χ0n) is 16.5. The standard InChI is InChI=1S/C21H19N3O4S2/c1-13-14(2)29-21-19(13)20(22-12-23-21)28-17-8-10-18(11-9-17)30(25,26)24-15-4-6-16(27-3)7-5-15/h4-12,24H,1-3H3. The van der Waals surface area contributed by atoms with Gasteiger partial charge in [-0.25, -0.2) is 18.4 Å². The third kappa shape index (κ3) is 3.94. The Labute approximate surface area is 178 Å². The lowest BCUT2D eigenvalue weighted by Gasteiger charge is -2.10. The molecule has 7 nitrogen and oxygen atoms in total. The molecular weight excluding hydrogens is 422 g/mol. The second-order valence-corrected chi connectivity index (χ2v) is 9.44. The molecule has 0 aliphatic heterocycles. The van der Waals surface area contributed by atoms with Gasteiger partial charge in [-0.15, -0.1) is 11.3 Å². The zero-order valence-corrected chi connectivity index (χ0v) is 18.2. The Balaban J connectivity index is 1.55. The number of benzene rings is 2. The second-order valence-electron chi connectivity index (χ2n) is 6.55. The lowest BCUT2D eigenvalue weighted by molar-refractivity contribution is 0.415. The van der Waals surface area contributed by atoms with Crippen LogP contribution in [0.25, 0.3) is 10.2 Å². The van der Waals surface area contributed by atoms with Crippen molar-refractivity contribution in [2.75, 3.05) is 11.8 Å². The van der Waals surface area contributed by atoms with E-state index in [1.165, 1.54) is 18.5 Å². The van der Waals surface area contributed by atoms with Crippen molar-refractivity contribution in [3.8, 4) is 17.4 Å². The first kappa shape index (κ1) is 20.1. The average molecular weight is 442 g/mol. The molecule has 1 N–H and O–H groups in total. The number of thiophene rings is 1. The van der Waals surface area contributed by atoms with Gasteiger partial charge in [0, 0.05) is 10.6 Å². The van der Waals surface area contributed by atoms with Gasteiger partial charge in [0.15, 0.2) is 0 Å². The number of hydrogen-bond donors (Lipinski definition) is 1. The monoisotopic (exact) mass is 441 g/mol. The number of hydrogen-bond acceptors (Lipinski definition) is 7. The Hall–Kier alpha value is -3.17. The molecule has 4 rings (SSSR count). The van der Waals surface area contributed by atoms with Crippen molar-refractivity contribution in [1.29, 1.82) is 0 Å². The van der Waals surface area contributed by atoms with Crippen LogP contribution < -0.4 is 14.2 Å². The number of rotatable bonds is 6. The molecule has 2 aromatic heterocycles. The molecule has 4 aromatic rings. The highest BCUT2D eigenvalue weighted by molar-refractivity contribution is 7.92. The summed E-state index contributed by atoms with van der Waals surface area (Å²) in [6.07, 6.45) is 1.46. The molecule has 0 fully saturated rings. The molecule has 0 saturated heterocycles. The van der Waals surface area contributed by atoms with Crippen LogP contribution in [0.3, 0.4) is 0 Å². The molecule has 0 bridgehead atoms. The maximum atomic E-state index is 12.6. The highest BCUT2D eigenvalue weighted by atomic mass is 32.2. The topological polar surface area (TPSA) is 90.4 Å². The van der Waals surface area contributed by atoms with Gasteiger partial charge < -0.3 is 9.47 Å². The van der Waals surface area contributed by atoms with Crippen LogP contribution in [0.1, 0.15) is 10.4 Å². The number of anilines is 1. The Bertz CT molecular complexity index is 1300. The van der Waals surface area contributed by atoms with Crippen molar-refractivity contribution in [2.24, 2.45) is 0 Å². The van der Waals surface area contributed by atoms with Gasteiger partial charge in [-0.05, 0) is 67.9 Å². The third-order valence-electron chi connectivity index (χ3n) is 4.62. The van der Waals surface area contributed by atoms with Crippen LogP contribution in [0.4, 0.5) is 5.69 Å². The number of nitrogens with one attached hydrogen (secondary N) is 1. The molecule has 2 aromatic carbocycles. The third-order valence-corrected chi connectivity index (χ3v) is 7.13. The first-order valence-electron chi connectivity index (χ1n) is 9.03. The maximum Gasteiger partial charge on any atom is 0.261 e. The average Bonchev–Trinajstić information content (AvgIpc) is 3.03. The minimum Gasteiger partial charge on any atom is -0.497 e. The van der Waals surface area contributed by atoms with Crippen LogP contribution in [0.15, 0.2) is 59.8 Å². The summed E-state index contributed by atoms with van der Waals surface area (Å²) >= 11 is 1.59. The van der Waals surface area contributed by atoms with Crippen LogP contribution in [0.5, 0.6) is 17.4 Å². The number of methoxy groups -OCH3 is 1. The minimum absolute atomic E-state index is 0.126. The van der Waals surface area contributed by atoms with Gasteiger partial charge in [0.1, 0.15) is 22.7 Å². The van der Waals surface area contributed by atoms with Crippen molar-refractivity contribution >= 4 is 37.3 Å². The van der Waals surface area contributed by atoms with Crippen molar-refractivity contribution < 1.29 is 17.9 Å². The molecule has 0 atom stereocenters. The van der Waals surface area contributed by atoms with E-state index < -0.39 is 10.0 Å². The molecule has 2 heterocycles. The van der Waals surface area contributed by atoms with Crippen LogP contribution in [-0.4, -0.2) is 25.5 Å². The number of ether oxygens (including phenoxy) is 2. The fourth-order valence-electron chi connectivity index (χ4n) is 2.90. The van der Waals surface area contributed by atoms with Gasteiger partial charge in [0.25, 0.3) is 10.0 Å². The zero-order chi connectivity index (χ0) is 21.3. The molecule has 0 unspecified atom stereocenters. The first-order valence-corrected chi connectivity index (χ1v) is 11.3. The summed E-state index contributed by atoms with van der Waals surface area (Å²) in [6.45, 7) is 4.03. The van der Waals surface area contributed by atoms with E-state index in [2.05, 4.69) is 14.7 Å². The summed E-state index contributed by atoms with van der Waals surface area (Å²) in [5.41, 5.74) is 1.52. The van der Waals surface area contributed by atoms with Gasteiger partial charge in [-0.3, -0.25) is 4.72 Å². The summed E-state index contributed by atoms with van der Waals surface area (Å²) in [5.74, 6) is 1.59. The van der Waals surface area contributed by atoms with Crippen LogP contribution in [0.2, 0.25) is 0 Å². The lowest BCUT2D eigenvalue weighted by Crippen LogP contribution is -2.12. The van der Waals surface area contributed by atoms with Crippen LogP contribution in [0, 0.1) is 13.8 Å². The molecule has 0 aliphatic rings. The summed E-state index contributed by atoms with van der Waals surface area (Å²) in [5, 5.41) is 0.873. The lowest BCUT2D eigenvalue weighted by atomic mass is 10.2. The Morgan fingerprint density at radius 2 is 1.60 bits per heavy atom. The summed E-state index contributed by atoms with van der Waals surface area (Å²) in [4.78, 5) is 10.7. The van der Waals surface area contributed by atoms with Crippen molar-refractivity contribution in [3.63, 3.8) is 0 Å². The van der Waals surface area contributed by atoms with Gasteiger partial charge in [0.2, 0.25) is 5.88 Å². The fraction of sp³-hybridized carbons (Fsp3) is 0.143. The second kappa shape index (κ2) is 7.92. The maximum absolute atomic E-state index is 12.6. The normalized spacial score (nSPS) is 11.4. The fourth-order valence-corrected chi connectivity index (χ4v) is 4.95. The summed E-state index contributed by atoms with van der Waals surface area (Å²) in [7, 11) is -2.18. The van der Waals surface area contributed by atoms with E-state index in [1.807, 2.05) is 13.8 Å². The van der Waals surface area contributed by atoms with Crippen molar-refractivity contribution in [3.05, 3.63) is 65.3 Å². The van der Waals surface area contributed by atoms with Gasteiger partial charge >= 0.3 is 0 Å². The predicted octanol–water partition coefficient (Wildman–Crippen LogP) is 4.91. The Morgan fingerprint density at radius 1 is 0.933 bits per heavy atom. The molecule has 0 radical (unpaired) electrons. The van der Waals surface area contributed by atoms with Crippen molar-refractivity contribution in [2.45, 2.75) is 18.7 Å². The number of nitrogens with zero attached hydrogens (tertiary/aromatic N) is 2. The minimum atomic E-state index is -3.73. The van der Waals surface area contributed by atoms with E-state index >= 15 is 0 Å². The largest absolute Gasteiger partial charge is 0.497 e. The summed E-state index contributed by atoms with van der Waals surface area (Å²) in [6, 6.07) is 12.8. The van der Waals surface area contributed by atoms with Crippen LogP contribution >= 0.6 is 11.3 Å².